The lowest BCUT2D eigenvalue weighted by molar-refractivity contribution is -0.135. The van der Waals surface area contributed by atoms with Crippen LogP contribution < -0.4 is 0 Å². The minimum atomic E-state index is -3.04. The Labute approximate surface area is 124 Å². The predicted molar refractivity (Wildman–Crippen MR) is 79.3 cm³/mol. The molecule has 1 unspecified atom stereocenters. The third-order valence-electron chi connectivity index (χ3n) is 3.46. The van der Waals surface area contributed by atoms with Gasteiger partial charge >= 0.3 is 0 Å². The highest BCUT2D eigenvalue weighted by molar-refractivity contribution is 7.91. The van der Waals surface area contributed by atoms with E-state index in [0.29, 0.717) is 25.4 Å². The summed E-state index contributed by atoms with van der Waals surface area (Å²) in [5, 5.41) is 0. The monoisotopic (exact) mass is 315 g/mol. The van der Waals surface area contributed by atoms with Gasteiger partial charge in [0.1, 0.15) is 0 Å². The molecule has 1 fully saturated rings. The molecule has 4 nitrogen and oxygen atoms in total. The molecule has 1 aliphatic heterocycles. The number of rotatable bonds is 5. The molecular formula is C14H18ClNO3S. The lowest BCUT2D eigenvalue weighted by atomic mass is 10.1. The molecule has 20 heavy (non-hydrogen) atoms. The molecule has 1 aromatic carbocycles. The highest BCUT2D eigenvalue weighted by atomic mass is 35.5. The standard InChI is InChI=1S/C14H18ClNO3S/c15-7-8-16(10-12-4-2-1-3-5-12)14(17)13-6-9-20(18,19)11-13/h1-5,13H,6-11H2. The first-order valence-corrected chi connectivity index (χ1v) is 8.96. The third-order valence-corrected chi connectivity index (χ3v) is 5.40. The number of hydrogen-bond acceptors (Lipinski definition) is 3. The first kappa shape index (κ1) is 15.3. The third kappa shape index (κ3) is 3.96. The van der Waals surface area contributed by atoms with Gasteiger partial charge in [0.05, 0.1) is 17.4 Å². The number of amides is 1. The van der Waals surface area contributed by atoms with Gasteiger partial charge in [0, 0.05) is 19.0 Å². The number of halogens is 1. The van der Waals surface area contributed by atoms with Crippen LogP contribution in [0.5, 0.6) is 0 Å². The first-order chi connectivity index (χ1) is 9.52. The van der Waals surface area contributed by atoms with E-state index in [9.17, 15) is 13.2 Å². The molecule has 2 rings (SSSR count). The number of sulfone groups is 1. The van der Waals surface area contributed by atoms with E-state index < -0.39 is 15.8 Å². The summed E-state index contributed by atoms with van der Waals surface area (Å²) >= 11 is 5.76. The highest BCUT2D eigenvalue weighted by Crippen LogP contribution is 2.21. The van der Waals surface area contributed by atoms with Crippen LogP contribution in [0.15, 0.2) is 30.3 Å². The van der Waals surface area contributed by atoms with Crippen LogP contribution in [0, 0.1) is 5.92 Å². The van der Waals surface area contributed by atoms with Gasteiger partial charge in [-0.3, -0.25) is 4.79 Å². The van der Waals surface area contributed by atoms with Gasteiger partial charge in [0.15, 0.2) is 9.84 Å². The fourth-order valence-corrected chi connectivity index (χ4v) is 4.36. The summed E-state index contributed by atoms with van der Waals surface area (Å²) < 4.78 is 23.0. The summed E-state index contributed by atoms with van der Waals surface area (Å²) in [6, 6.07) is 9.64. The number of nitrogens with zero attached hydrogens (tertiary/aromatic N) is 1. The molecule has 1 amide bonds. The van der Waals surface area contributed by atoms with Gasteiger partial charge in [-0.25, -0.2) is 8.42 Å². The number of benzene rings is 1. The second-order valence-electron chi connectivity index (χ2n) is 5.03. The summed E-state index contributed by atoms with van der Waals surface area (Å²) in [4.78, 5) is 14.1. The van der Waals surface area contributed by atoms with Crippen LogP contribution >= 0.6 is 11.6 Å². The van der Waals surface area contributed by atoms with Crippen molar-refractivity contribution in [1.82, 2.24) is 4.90 Å². The van der Waals surface area contributed by atoms with Gasteiger partial charge in [-0.05, 0) is 12.0 Å². The SMILES string of the molecule is O=C(C1CCS(=O)(=O)C1)N(CCCl)Cc1ccccc1. The second-order valence-corrected chi connectivity index (χ2v) is 7.64. The van der Waals surface area contributed by atoms with E-state index in [-0.39, 0.29) is 17.4 Å². The van der Waals surface area contributed by atoms with E-state index in [1.54, 1.807) is 4.90 Å². The molecule has 0 saturated carbocycles. The van der Waals surface area contributed by atoms with Crippen LogP contribution in [-0.4, -0.2) is 43.2 Å². The molecule has 6 heteroatoms. The summed E-state index contributed by atoms with van der Waals surface area (Å²) in [5.74, 6) is -0.0801. The van der Waals surface area contributed by atoms with E-state index >= 15 is 0 Å². The molecule has 1 aliphatic rings. The minimum Gasteiger partial charge on any atom is -0.337 e. The summed E-state index contributed by atoms with van der Waals surface area (Å²) in [5.41, 5.74) is 1.02. The number of hydrogen-bond donors (Lipinski definition) is 0. The molecule has 1 atom stereocenters. The molecule has 1 aromatic rings. The van der Waals surface area contributed by atoms with E-state index in [1.165, 1.54) is 0 Å². The molecule has 0 aromatic heterocycles. The predicted octanol–water partition coefficient (Wildman–Crippen LogP) is 1.69. The van der Waals surface area contributed by atoms with Gasteiger partial charge in [0.25, 0.3) is 0 Å². The Hall–Kier alpha value is -1.07. The van der Waals surface area contributed by atoms with E-state index in [0.717, 1.165) is 5.56 Å². The fraction of sp³-hybridized carbons (Fsp3) is 0.500. The van der Waals surface area contributed by atoms with Crippen molar-refractivity contribution in [2.24, 2.45) is 5.92 Å². The van der Waals surface area contributed by atoms with Crippen molar-refractivity contribution in [3.05, 3.63) is 35.9 Å². The van der Waals surface area contributed by atoms with Crippen LogP contribution in [0.25, 0.3) is 0 Å². The summed E-state index contributed by atoms with van der Waals surface area (Å²) in [7, 11) is -3.04. The smallest absolute Gasteiger partial charge is 0.227 e. The van der Waals surface area contributed by atoms with E-state index in [1.807, 2.05) is 30.3 Å². The lowest BCUT2D eigenvalue weighted by Crippen LogP contribution is -2.37. The largest absolute Gasteiger partial charge is 0.337 e. The molecule has 0 bridgehead atoms. The summed E-state index contributed by atoms with van der Waals surface area (Å²) in [6.07, 6.45) is 0.425. The number of carbonyl (C=O) groups is 1. The lowest BCUT2D eigenvalue weighted by Gasteiger charge is -2.24. The van der Waals surface area contributed by atoms with E-state index in [4.69, 9.17) is 11.6 Å². The number of alkyl halides is 1. The van der Waals surface area contributed by atoms with Crippen molar-refractivity contribution in [2.75, 3.05) is 23.9 Å². The Morgan fingerprint density at radius 1 is 1.30 bits per heavy atom. The molecular weight excluding hydrogens is 298 g/mol. The first-order valence-electron chi connectivity index (χ1n) is 6.61. The molecule has 0 radical (unpaired) electrons. The molecule has 0 aliphatic carbocycles. The quantitative estimate of drug-likeness (QED) is 0.777. The Morgan fingerprint density at radius 2 is 2.00 bits per heavy atom. The van der Waals surface area contributed by atoms with Crippen LogP contribution in [0.1, 0.15) is 12.0 Å². The van der Waals surface area contributed by atoms with Crippen molar-refractivity contribution < 1.29 is 13.2 Å². The topological polar surface area (TPSA) is 54.5 Å². The number of carbonyl (C=O) groups excluding carboxylic acids is 1. The molecule has 1 saturated heterocycles. The summed E-state index contributed by atoms with van der Waals surface area (Å²) in [6.45, 7) is 0.911. The fourth-order valence-electron chi connectivity index (χ4n) is 2.42. The van der Waals surface area contributed by atoms with Crippen LogP contribution in [0.2, 0.25) is 0 Å². The van der Waals surface area contributed by atoms with Gasteiger partial charge in [-0.1, -0.05) is 30.3 Å². The molecule has 110 valence electrons. The van der Waals surface area contributed by atoms with E-state index in [2.05, 4.69) is 0 Å². The normalized spacial score (nSPS) is 20.8. The van der Waals surface area contributed by atoms with Gasteiger partial charge in [0.2, 0.25) is 5.91 Å². The van der Waals surface area contributed by atoms with Gasteiger partial charge in [-0.15, -0.1) is 11.6 Å². The highest BCUT2D eigenvalue weighted by Gasteiger charge is 2.35. The van der Waals surface area contributed by atoms with Crippen LogP contribution in [0.4, 0.5) is 0 Å². The maximum Gasteiger partial charge on any atom is 0.227 e. The maximum absolute atomic E-state index is 12.4. The molecule has 1 heterocycles. The average Bonchev–Trinajstić information content (AvgIpc) is 2.79. The Kier molecular flexibility index (Phi) is 5.05. The Bertz CT molecular complexity index is 559. The van der Waals surface area contributed by atoms with Crippen LogP contribution in [-0.2, 0) is 21.2 Å². The van der Waals surface area contributed by atoms with Crippen molar-refractivity contribution in [3.8, 4) is 0 Å². The molecule has 0 spiro atoms. The van der Waals surface area contributed by atoms with Crippen molar-refractivity contribution in [1.29, 1.82) is 0 Å². The zero-order chi connectivity index (χ0) is 14.6. The van der Waals surface area contributed by atoms with Crippen LogP contribution in [0.3, 0.4) is 0 Å². The zero-order valence-electron chi connectivity index (χ0n) is 11.2. The Balaban J connectivity index is 2.06. The minimum absolute atomic E-state index is 0.0284. The van der Waals surface area contributed by atoms with Gasteiger partial charge < -0.3 is 4.90 Å². The van der Waals surface area contributed by atoms with Crippen molar-refractivity contribution in [3.63, 3.8) is 0 Å². The Morgan fingerprint density at radius 3 is 2.55 bits per heavy atom. The second kappa shape index (κ2) is 6.59. The zero-order valence-corrected chi connectivity index (χ0v) is 12.7. The van der Waals surface area contributed by atoms with Gasteiger partial charge in [-0.2, -0.15) is 0 Å². The van der Waals surface area contributed by atoms with Crippen molar-refractivity contribution >= 4 is 27.3 Å². The maximum atomic E-state index is 12.4. The molecule has 0 N–H and O–H groups in total. The average molecular weight is 316 g/mol. The van der Waals surface area contributed by atoms with Crippen molar-refractivity contribution in [2.45, 2.75) is 13.0 Å².